The van der Waals surface area contributed by atoms with Gasteiger partial charge in [-0.1, -0.05) is 17.7 Å². The summed E-state index contributed by atoms with van der Waals surface area (Å²) in [5.41, 5.74) is 1.83. The van der Waals surface area contributed by atoms with Crippen molar-refractivity contribution in [3.63, 3.8) is 0 Å². The highest BCUT2D eigenvalue weighted by Gasteiger charge is 2.35. The fourth-order valence-corrected chi connectivity index (χ4v) is 3.98. The van der Waals surface area contributed by atoms with Gasteiger partial charge in [0.1, 0.15) is 28.6 Å². The minimum Gasteiger partial charge on any atom is -0.497 e. The molecule has 1 aliphatic rings. The zero-order chi connectivity index (χ0) is 24.3. The monoisotopic (exact) mass is 460 g/mol. The van der Waals surface area contributed by atoms with Gasteiger partial charge in [-0.15, -0.1) is 0 Å². The maximum Gasteiger partial charge on any atom is 0.268 e. The SMILES string of the molecule is COc1ccc2c(c1)OC(C)(C)C[C@@H]2NC(=O)/C(=C/c1ccco1)NC(=O)c1cccc(C)c1. The lowest BCUT2D eigenvalue weighted by molar-refractivity contribution is -0.119. The molecular formula is C27H28N2O5. The van der Waals surface area contributed by atoms with E-state index in [0.29, 0.717) is 29.2 Å². The van der Waals surface area contributed by atoms with Crippen molar-refractivity contribution >= 4 is 17.9 Å². The number of ether oxygens (including phenoxy) is 2. The Hall–Kier alpha value is -4.00. The van der Waals surface area contributed by atoms with Gasteiger partial charge in [-0.25, -0.2) is 0 Å². The molecule has 0 saturated heterocycles. The summed E-state index contributed by atoms with van der Waals surface area (Å²) >= 11 is 0. The summed E-state index contributed by atoms with van der Waals surface area (Å²) in [6, 6.07) is 15.8. The Morgan fingerprint density at radius 1 is 1.12 bits per heavy atom. The van der Waals surface area contributed by atoms with Gasteiger partial charge < -0.3 is 24.5 Å². The van der Waals surface area contributed by atoms with Gasteiger partial charge in [0.15, 0.2) is 0 Å². The predicted molar refractivity (Wildman–Crippen MR) is 129 cm³/mol. The first-order valence-electron chi connectivity index (χ1n) is 11.0. The summed E-state index contributed by atoms with van der Waals surface area (Å²) in [6.45, 7) is 5.84. The Kier molecular flexibility index (Phi) is 6.45. The number of nitrogens with one attached hydrogen (secondary N) is 2. The number of aryl methyl sites for hydroxylation is 1. The molecule has 1 atom stereocenters. The molecule has 0 saturated carbocycles. The average Bonchev–Trinajstić information content (AvgIpc) is 3.30. The van der Waals surface area contributed by atoms with Crippen molar-refractivity contribution < 1.29 is 23.5 Å². The van der Waals surface area contributed by atoms with Gasteiger partial charge in [0.25, 0.3) is 11.8 Å². The first kappa shape index (κ1) is 23.2. The van der Waals surface area contributed by atoms with E-state index in [0.717, 1.165) is 11.1 Å². The van der Waals surface area contributed by atoms with E-state index < -0.39 is 11.5 Å². The van der Waals surface area contributed by atoms with Crippen LogP contribution in [0.2, 0.25) is 0 Å². The minimum absolute atomic E-state index is 0.0841. The largest absolute Gasteiger partial charge is 0.497 e. The van der Waals surface area contributed by atoms with E-state index in [1.807, 2.05) is 45.0 Å². The maximum atomic E-state index is 13.4. The summed E-state index contributed by atoms with van der Waals surface area (Å²) in [5, 5.41) is 5.81. The number of amides is 2. The third-order valence-electron chi connectivity index (χ3n) is 5.59. The zero-order valence-corrected chi connectivity index (χ0v) is 19.7. The molecule has 3 aromatic rings. The zero-order valence-electron chi connectivity index (χ0n) is 19.7. The lowest BCUT2D eigenvalue weighted by Gasteiger charge is -2.38. The molecule has 2 heterocycles. The first-order chi connectivity index (χ1) is 16.2. The van der Waals surface area contributed by atoms with E-state index >= 15 is 0 Å². The van der Waals surface area contributed by atoms with Crippen molar-refractivity contribution in [3.05, 3.63) is 89.0 Å². The summed E-state index contributed by atoms with van der Waals surface area (Å²) in [6.07, 6.45) is 3.58. The Balaban J connectivity index is 1.62. The molecule has 2 amide bonds. The van der Waals surface area contributed by atoms with Gasteiger partial charge in [-0.2, -0.15) is 0 Å². The van der Waals surface area contributed by atoms with Gasteiger partial charge in [0, 0.05) is 29.7 Å². The third kappa shape index (κ3) is 5.31. The highest BCUT2D eigenvalue weighted by molar-refractivity contribution is 6.05. The van der Waals surface area contributed by atoms with Gasteiger partial charge in [-0.05, 0) is 57.2 Å². The van der Waals surface area contributed by atoms with Crippen LogP contribution in [-0.4, -0.2) is 24.5 Å². The van der Waals surface area contributed by atoms with Crippen LogP contribution in [0, 0.1) is 6.92 Å². The summed E-state index contributed by atoms with van der Waals surface area (Å²) in [4.78, 5) is 26.3. The van der Waals surface area contributed by atoms with Gasteiger partial charge in [0.05, 0.1) is 19.4 Å². The molecular weight excluding hydrogens is 432 g/mol. The van der Waals surface area contributed by atoms with Crippen molar-refractivity contribution in [2.24, 2.45) is 0 Å². The van der Waals surface area contributed by atoms with Crippen molar-refractivity contribution in [1.82, 2.24) is 10.6 Å². The third-order valence-corrected chi connectivity index (χ3v) is 5.59. The van der Waals surface area contributed by atoms with Crippen LogP contribution in [0.5, 0.6) is 11.5 Å². The van der Waals surface area contributed by atoms with E-state index in [1.165, 1.54) is 12.3 Å². The second-order valence-corrected chi connectivity index (χ2v) is 8.89. The van der Waals surface area contributed by atoms with Crippen LogP contribution in [0.1, 0.15) is 53.6 Å². The van der Waals surface area contributed by atoms with Crippen LogP contribution >= 0.6 is 0 Å². The standard InChI is InChI=1S/C27H28N2O5/c1-17-7-5-8-18(13-17)25(30)28-22(14-20-9-6-12-33-20)26(31)29-23-16-27(2,3)34-24-15-19(32-4)10-11-21(23)24/h5-15,23H,16H2,1-4H3,(H,28,30)(H,29,31)/b22-14-/t23-/m0/s1. The number of fused-ring (bicyclic) bond motifs is 1. The Bertz CT molecular complexity index is 1230. The number of benzene rings is 2. The Morgan fingerprint density at radius 3 is 2.65 bits per heavy atom. The minimum atomic E-state index is -0.507. The summed E-state index contributed by atoms with van der Waals surface area (Å²) in [7, 11) is 1.59. The first-order valence-corrected chi connectivity index (χ1v) is 11.0. The van der Waals surface area contributed by atoms with Gasteiger partial charge >= 0.3 is 0 Å². The lowest BCUT2D eigenvalue weighted by atomic mass is 9.89. The number of rotatable bonds is 6. The van der Waals surface area contributed by atoms with E-state index in [-0.39, 0.29) is 17.6 Å². The number of hydrogen-bond donors (Lipinski definition) is 2. The van der Waals surface area contributed by atoms with Crippen molar-refractivity contribution in [2.45, 2.75) is 38.8 Å². The van der Waals surface area contributed by atoms with Crippen LogP contribution < -0.4 is 20.1 Å². The highest BCUT2D eigenvalue weighted by atomic mass is 16.5. The fourth-order valence-electron chi connectivity index (χ4n) is 3.98. The van der Waals surface area contributed by atoms with E-state index in [1.54, 1.807) is 37.4 Å². The molecule has 2 N–H and O–H groups in total. The number of carbonyl (C=O) groups is 2. The molecule has 0 aliphatic carbocycles. The van der Waals surface area contributed by atoms with Gasteiger partial charge in [-0.3, -0.25) is 9.59 Å². The summed E-state index contributed by atoms with van der Waals surface area (Å²) < 4.78 is 16.8. The molecule has 0 spiro atoms. The molecule has 4 rings (SSSR count). The van der Waals surface area contributed by atoms with E-state index in [4.69, 9.17) is 13.9 Å². The molecule has 0 fully saturated rings. The van der Waals surface area contributed by atoms with Crippen LogP contribution in [0.25, 0.3) is 6.08 Å². The summed E-state index contributed by atoms with van der Waals surface area (Å²) in [5.74, 6) is 0.967. The molecule has 0 radical (unpaired) electrons. The molecule has 0 bridgehead atoms. The van der Waals surface area contributed by atoms with Gasteiger partial charge in [0.2, 0.25) is 0 Å². The van der Waals surface area contributed by atoms with Crippen LogP contribution in [0.3, 0.4) is 0 Å². The number of hydrogen-bond acceptors (Lipinski definition) is 5. The predicted octanol–water partition coefficient (Wildman–Crippen LogP) is 4.79. The van der Waals surface area contributed by atoms with E-state index in [2.05, 4.69) is 10.6 Å². The molecule has 2 aromatic carbocycles. The van der Waals surface area contributed by atoms with Crippen LogP contribution in [-0.2, 0) is 4.79 Å². The molecule has 34 heavy (non-hydrogen) atoms. The highest BCUT2D eigenvalue weighted by Crippen LogP contribution is 2.41. The molecule has 0 unspecified atom stereocenters. The van der Waals surface area contributed by atoms with Crippen molar-refractivity contribution in [2.75, 3.05) is 7.11 Å². The second kappa shape index (κ2) is 9.47. The second-order valence-electron chi connectivity index (χ2n) is 8.89. The van der Waals surface area contributed by atoms with Crippen LogP contribution in [0.15, 0.2) is 71.0 Å². The molecule has 176 valence electrons. The Morgan fingerprint density at radius 2 is 1.94 bits per heavy atom. The lowest BCUT2D eigenvalue weighted by Crippen LogP contribution is -2.43. The number of carbonyl (C=O) groups excluding carboxylic acids is 2. The quantitative estimate of drug-likeness (QED) is 0.517. The van der Waals surface area contributed by atoms with Crippen molar-refractivity contribution in [1.29, 1.82) is 0 Å². The van der Waals surface area contributed by atoms with E-state index in [9.17, 15) is 9.59 Å². The number of methoxy groups -OCH3 is 1. The topological polar surface area (TPSA) is 89.8 Å². The number of furan rings is 1. The molecule has 7 nitrogen and oxygen atoms in total. The van der Waals surface area contributed by atoms with Crippen molar-refractivity contribution in [3.8, 4) is 11.5 Å². The molecule has 1 aromatic heterocycles. The molecule has 1 aliphatic heterocycles. The normalized spacial score (nSPS) is 16.7. The smallest absolute Gasteiger partial charge is 0.268 e. The molecule has 7 heteroatoms. The Labute approximate surface area is 198 Å². The fraction of sp³-hybridized carbons (Fsp3) is 0.259. The van der Waals surface area contributed by atoms with Crippen LogP contribution in [0.4, 0.5) is 0 Å². The average molecular weight is 461 g/mol. The maximum absolute atomic E-state index is 13.4.